The summed E-state index contributed by atoms with van der Waals surface area (Å²) in [6.45, 7) is 1.69. The van der Waals surface area contributed by atoms with Crippen molar-refractivity contribution in [1.82, 2.24) is 4.57 Å². The van der Waals surface area contributed by atoms with Gasteiger partial charge in [-0.15, -0.1) is 0 Å². The fraction of sp³-hybridized carbons (Fsp3) is 0.182. The highest BCUT2D eigenvalue weighted by Crippen LogP contribution is 2.13. The number of benzene rings is 1. The molecule has 0 radical (unpaired) electrons. The van der Waals surface area contributed by atoms with Crippen LogP contribution in [0, 0.1) is 12.7 Å². The van der Waals surface area contributed by atoms with Crippen LogP contribution in [0.15, 0.2) is 29.2 Å². The molecule has 0 N–H and O–H groups in total. The maximum Gasteiger partial charge on any atom is 0.195 e. The highest BCUT2D eigenvalue weighted by Gasteiger charge is 2.07. The molecule has 0 aliphatic carbocycles. The molecule has 2 nitrogen and oxygen atoms in total. The fourth-order valence-corrected chi connectivity index (χ4v) is 1.65. The molecule has 3 heteroatoms. The van der Waals surface area contributed by atoms with E-state index in [1.165, 1.54) is 6.07 Å². The van der Waals surface area contributed by atoms with E-state index < -0.39 is 5.82 Å². The van der Waals surface area contributed by atoms with Crippen LogP contribution in [0.3, 0.4) is 0 Å². The SMILES string of the molecule is Cc1cn(C)c2cccc(F)c2c1=O. The van der Waals surface area contributed by atoms with E-state index in [1.54, 1.807) is 36.9 Å². The lowest BCUT2D eigenvalue weighted by Gasteiger charge is -2.06. The second-order valence-electron chi connectivity index (χ2n) is 3.39. The Morgan fingerprint density at radius 3 is 2.79 bits per heavy atom. The van der Waals surface area contributed by atoms with Gasteiger partial charge < -0.3 is 4.57 Å². The van der Waals surface area contributed by atoms with E-state index in [0.29, 0.717) is 11.1 Å². The van der Waals surface area contributed by atoms with Gasteiger partial charge in [0.1, 0.15) is 5.82 Å². The monoisotopic (exact) mass is 191 g/mol. The molecule has 0 saturated carbocycles. The van der Waals surface area contributed by atoms with Gasteiger partial charge in [-0.1, -0.05) is 6.07 Å². The van der Waals surface area contributed by atoms with Gasteiger partial charge in [0, 0.05) is 18.8 Å². The highest BCUT2D eigenvalue weighted by molar-refractivity contribution is 5.80. The number of aryl methyl sites for hydroxylation is 2. The van der Waals surface area contributed by atoms with E-state index in [2.05, 4.69) is 0 Å². The van der Waals surface area contributed by atoms with Crippen molar-refractivity contribution in [3.05, 3.63) is 46.0 Å². The third-order valence-electron chi connectivity index (χ3n) is 2.34. The Labute approximate surface area is 80.6 Å². The lowest BCUT2D eigenvalue weighted by atomic mass is 10.1. The largest absolute Gasteiger partial charge is 0.350 e. The van der Waals surface area contributed by atoms with E-state index in [-0.39, 0.29) is 10.8 Å². The van der Waals surface area contributed by atoms with Crippen molar-refractivity contribution in [2.75, 3.05) is 0 Å². The van der Waals surface area contributed by atoms with Crippen molar-refractivity contribution in [1.29, 1.82) is 0 Å². The summed E-state index contributed by atoms with van der Waals surface area (Å²) in [7, 11) is 1.80. The molecular weight excluding hydrogens is 181 g/mol. The maximum atomic E-state index is 13.4. The molecule has 0 spiro atoms. The Balaban J connectivity index is 3.11. The molecule has 0 atom stereocenters. The number of halogens is 1. The van der Waals surface area contributed by atoms with Gasteiger partial charge in [0.15, 0.2) is 5.43 Å². The third-order valence-corrected chi connectivity index (χ3v) is 2.34. The summed E-state index contributed by atoms with van der Waals surface area (Å²) < 4.78 is 15.2. The zero-order chi connectivity index (χ0) is 10.3. The number of aromatic nitrogens is 1. The molecule has 72 valence electrons. The summed E-state index contributed by atoms with van der Waals surface area (Å²) in [6, 6.07) is 4.65. The van der Waals surface area contributed by atoms with Crippen LogP contribution >= 0.6 is 0 Å². The average Bonchev–Trinajstić information content (AvgIpc) is 2.14. The first-order chi connectivity index (χ1) is 6.61. The van der Waals surface area contributed by atoms with E-state index in [9.17, 15) is 9.18 Å². The summed E-state index contributed by atoms with van der Waals surface area (Å²) in [5, 5.41) is 0.176. The molecule has 0 saturated heterocycles. The minimum absolute atomic E-state index is 0.176. The minimum atomic E-state index is -0.452. The maximum absolute atomic E-state index is 13.4. The lowest BCUT2D eigenvalue weighted by molar-refractivity contribution is 0.638. The fourth-order valence-electron chi connectivity index (χ4n) is 1.65. The van der Waals surface area contributed by atoms with Gasteiger partial charge in [-0.2, -0.15) is 0 Å². The van der Waals surface area contributed by atoms with Crippen molar-refractivity contribution >= 4 is 10.9 Å². The lowest BCUT2D eigenvalue weighted by Crippen LogP contribution is -2.11. The van der Waals surface area contributed by atoms with E-state index >= 15 is 0 Å². The van der Waals surface area contributed by atoms with Gasteiger partial charge in [0.2, 0.25) is 0 Å². The van der Waals surface area contributed by atoms with Gasteiger partial charge in [-0.05, 0) is 19.1 Å². The first-order valence-electron chi connectivity index (χ1n) is 4.35. The molecule has 1 aromatic carbocycles. The average molecular weight is 191 g/mol. The number of pyridine rings is 1. The predicted molar refractivity (Wildman–Crippen MR) is 53.9 cm³/mol. The molecule has 1 heterocycles. The molecule has 0 unspecified atom stereocenters. The Morgan fingerprint density at radius 1 is 1.36 bits per heavy atom. The van der Waals surface area contributed by atoms with Crippen molar-refractivity contribution in [2.45, 2.75) is 6.92 Å². The van der Waals surface area contributed by atoms with Gasteiger partial charge in [-0.3, -0.25) is 4.79 Å². The molecule has 2 aromatic rings. The quantitative estimate of drug-likeness (QED) is 0.624. The molecule has 14 heavy (non-hydrogen) atoms. The molecule has 1 aromatic heterocycles. The number of fused-ring (bicyclic) bond motifs is 1. The van der Waals surface area contributed by atoms with Gasteiger partial charge >= 0.3 is 0 Å². The molecule has 0 fully saturated rings. The van der Waals surface area contributed by atoms with Gasteiger partial charge in [-0.25, -0.2) is 4.39 Å². The molecule has 0 amide bonds. The smallest absolute Gasteiger partial charge is 0.195 e. The summed E-state index contributed by atoms with van der Waals surface area (Å²) >= 11 is 0. The Hall–Kier alpha value is -1.64. The van der Waals surface area contributed by atoms with Crippen LogP contribution in [0.25, 0.3) is 10.9 Å². The van der Waals surface area contributed by atoms with Gasteiger partial charge in [0.05, 0.1) is 10.9 Å². The molecule has 0 aliphatic heterocycles. The normalized spacial score (nSPS) is 10.8. The summed E-state index contributed by atoms with van der Waals surface area (Å²) in [6.07, 6.45) is 1.71. The Bertz CT molecular complexity index is 557. The highest BCUT2D eigenvalue weighted by atomic mass is 19.1. The van der Waals surface area contributed by atoms with Crippen LogP contribution in [0.4, 0.5) is 4.39 Å². The Kier molecular flexibility index (Phi) is 1.88. The van der Waals surface area contributed by atoms with Crippen LogP contribution in [0.5, 0.6) is 0 Å². The summed E-state index contributed by atoms with van der Waals surface area (Å²) in [5.41, 5.74) is 0.960. The summed E-state index contributed by atoms with van der Waals surface area (Å²) in [4.78, 5) is 11.6. The molecule has 2 rings (SSSR count). The van der Waals surface area contributed by atoms with Crippen molar-refractivity contribution in [3.8, 4) is 0 Å². The second kappa shape index (κ2) is 2.94. The van der Waals surface area contributed by atoms with Gasteiger partial charge in [0.25, 0.3) is 0 Å². The van der Waals surface area contributed by atoms with Crippen molar-refractivity contribution in [2.24, 2.45) is 7.05 Å². The van der Waals surface area contributed by atoms with Crippen LogP contribution in [0.1, 0.15) is 5.56 Å². The van der Waals surface area contributed by atoms with Crippen molar-refractivity contribution < 1.29 is 4.39 Å². The van der Waals surface area contributed by atoms with Crippen LogP contribution < -0.4 is 5.43 Å². The first-order valence-corrected chi connectivity index (χ1v) is 4.35. The number of nitrogens with zero attached hydrogens (tertiary/aromatic N) is 1. The van der Waals surface area contributed by atoms with E-state index in [1.807, 2.05) is 0 Å². The minimum Gasteiger partial charge on any atom is -0.350 e. The van der Waals surface area contributed by atoms with Crippen molar-refractivity contribution in [3.63, 3.8) is 0 Å². The van der Waals surface area contributed by atoms with Crippen LogP contribution in [0.2, 0.25) is 0 Å². The number of rotatable bonds is 0. The summed E-state index contributed by atoms with van der Waals surface area (Å²) in [5.74, 6) is -0.452. The molecular formula is C11H10FNO. The van der Waals surface area contributed by atoms with E-state index in [4.69, 9.17) is 0 Å². The van der Waals surface area contributed by atoms with Crippen LogP contribution in [-0.4, -0.2) is 4.57 Å². The number of hydrogen-bond acceptors (Lipinski definition) is 1. The number of hydrogen-bond donors (Lipinski definition) is 0. The van der Waals surface area contributed by atoms with E-state index in [0.717, 1.165) is 0 Å². The molecule has 0 bridgehead atoms. The third kappa shape index (κ3) is 1.13. The Morgan fingerprint density at radius 2 is 2.07 bits per heavy atom. The topological polar surface area (TPSA) is 22.0 Å². The zero-order valence-corrected chi connectivity index (χ0v) is 8.04. The zero-order valence-electron chi connectivity index (χ0n) is 8.04. The standard InChI is InChI=1S/C11H10FNO/c1-7-6-13(2)9-5-3-4-8(12)10(9)11(7)14/h3-6H,1-2H3. The van der Waals surface area contributed by atoms with Crippen LogP contribution in [-0.2, 0) is 7.05 Å². The molecule has 0 aliphatic rings. The predicted octanol–water partition coefficient (Wildman–Crippen LogP) is 1.99. The second-order valence-corrected chi connectivity index (χ2v) is 3.39. The first kappa shape index (κ1) is 8.94.